The van der Waals surface area contributed by atoms with Crippen LogP contribution >= 0.6 is 0 Å². The Morgan fingerprint density at radius 1 is 1.00 bits per heavy atom. The topological polar surface area (TPSA) is 4.93 Å². The lowest BCUT2D eigenvalue weighted by Crippen LogP contribution is -1.90. The van der Waals surface area contributed by atoms with E-state index >= 15 is 0 Å². The van der Waals surface area contributed by atoms with E-state index in [1.165, 1.54) is 0 Å². The molecule has 1 aromatic heterocycles. The number of fused-ring (bicyclic) bond motifs is 1. The van der Waals surface area contributed by atoms with Gasteiger partial charge in [-0.1, -0.05) is 36.3 Å². The van der Waals surface area contributed by atoms with Crippen molar-refractivity contribution in [2.45, 2.75) is 6.85 Å². The minimum Gasteiger partial charge on any atom is -0.316 e. The highest BCUT2D eigenvalue weighted by Gasteiger charge is 2.04. The molecule has 0 aliphatic rings. The average molecular weight is 220 g/mol. The van der Waals surface area contributed by atoms with E-state index in [1.54, 1.807) is 0 Å². The first-order chi connectivity index (χ1) is 13.2. The molecule has 3 aromatic rings. The third kappa shape index (κ3) is 1.33. The molecule has 2 aromatic carbocycles. The highest BCUT2D eigenvalue weighted by atomic mass is 15.0. The van der Waals surface area contributed by atoms with Crippen molar-refractivity contribution in [1.29, 1.82) is 0 Å². The van der Waals surface area contributed by atoms with Crippen molar-refractivity contribution in [3.05, 3.63) is 66.1 Å². The number of nitrogens with zero attached hydrogens (tertiary/aromatic N) is 1. The maximum absolute atomic E-state index is 8.37. The number of hydrogen-bond donors (Lipinski definition) is 0. The number of rotatable bonds is 1. The van der Waals surface area contributed by atoms with Gasteiger partial charge in [-0.3, -0.25) is 0 Å². The van der Waals surface area contributed by atoms with Crippen molar-refractivity contribution < 1.29 is 17.8 Å². The van der Waals surface area contributed by atoms with Crippen molar-refractivity contribution in [2.75, 3.05) is 0 Å². The van der Waals surface area contributed by atoms with Gasteiger partial charge in [0.2, 0.25) is 0 Å². The van der Waals surface area contributed by atoms with Crippen molar-refractivity contribution in [1.82, 2.24) is 4.57 Å². The summed E-state index contributed by atoms with van der Waals surface area (Å²) in [5.41, 5.74) is -1.69. The van der Waals surface area contributed by atoms with E-state index in [-0.39, 0.29) is 0 Å². The molecule has 3 rings (SSSR count). The van der Waals surface area contributed by atoms with E-state index in [1.807, 2.05) is 0 Å². The average Bonchev–Trinajstić information content (AvgIpc) is 2.95. The van der Waals surface area contributed by atoms with E-state index in [0.29, 0.717) is 4.57 Å². The zero-order valence-electron chi connectivity index (χ0n) is 20.9. The van der Waals surface area contributed by atoms with Gasteiger partial charge in [-0.2, -0.15) is 0 Å². The van der Waals surface area contributed by atoms with E-state index < -0.39 is 89.6 Å². The van der Waals surface area contributed by atoms with Gasteiger partial charge in [0.05, 0.1) is 19.2 Å². The van der Waals surface area contributed by atoms with Gasteiger partial charge >= 0.3 is 0 Å². The molecule has 0 radical (unpaired) electrons. The van der Waals surface area contributed by atoms with Crippen LogP contribution in [0.3, 0.4) is 0 Å². The molecule has 0 N–H and O–H groups in total. The summed E-state index contributed by atoms with van der Waals surface area (Å²) in [7, 11) is 0. The lowest BCUT2D eigenvalue weighted by atomic mass is 10.2. The minimum atomic E-state index is -2.95. The van der Waals surface area contributed by atoms with Gasteiger partial charge in [-0.25, -0.2) is 0 Å². The summed E-state index contributed by atoms with van der Waals surface area (Å²) in [5, 5.41) is -0.451. The monoisotopic (exact) mass is 220 g/mol. The van der Waals surface area contributed by atoms with Crippen LogP contribution in [0, 0.1) is 6.85 Å². The third-order valence-electron chi connectivity index (χ3n) is 2.08. The summed E-state index contributed by atoms with van der Waals surface area (Å²) >= 11 is 0. The Morgan fingerprint density at radius 3 is 2.56 bits per heavy atom. The van der Waals surface area contributed by atoms with Crippen LogP contribution in [0.4, 0.5) is 0 Å². The Bertz CT molecular complexity index is 1160. The fourth-order valence-electron chi connectivity index (χ4n) is 1.40. The highest BCUT2D eigenvalue weighted by molar-refractivity contribution is 5.85. The minimum absolute atomic E-state index is 0.439. The van der Waals surface area contributed by atoms with Crippen molar-refractivity contribution in [3.63, 3.8) is 0 Å². The molecular formula is C15H13N. The van der Waals surface area contributed by atoms with E-state index in [4.69, 9.17) is 17.8 Å². The Hall–Kier alpha value is -2.02. The van der Waals surface area contributed by atoms with Crippen LogP contribution in [0.2, 0.25) is 0 Å². The molecule has 0 amide bonds. The maximum Gasteiger partial charge on any atom is 0.0825 e. The van der Waals surface area contributed by atoms with Crippen LogP contribution in [0.1, 0.15) is 23.4 Å². The smallest absolute Gasteiger partial charge is 0.0825 e. The fraction of sp³-hybridized carbons (Fsp3) is 0.0667. The Morgan fingerprint density at radius 2 is 1.75 bits per heavy atom. The predicted molar refractivity (Wildman–Crippen MR) is 68.0 cm³/mol. The van der Waals surface area contributed by atoms with Gasteiger partial charge in [0.25, 0.3) is 0 Å². The SMILES string of the molecule is [2H]c1c([2H])c([2H])c(-n2c([2H])c(C([2H])([2H])[2H])c3c([2H])c([2H])c([2H])c([2H])c32)c([2H])c1[2H]. The van der Waals surface area contributed by atoms with Gasteiger partial charge in [0, 0.05) is 21.4 Å². The van der Waals surface area contributed by atoms with E-state index in [2.05, 4.69) is 0 Å². The first-order valence-electron chi connectivity index (χ1n) is 10.9. The molecule has 0 atom stereocenters. The maximum atomic E-state index is 8.37. The predicted octanol–water partition coefficient (Wildman–Crippen LogP) is 3.94. The third-order valence-corrected chi connectivity index (χ3v) is 2.08. The second kappa shape index (κ2) is 3.53. The first-order valence-corrected chi connectivity index (χ1v) is 4.42. The van der Waals surface area contributed by atoms with Gasteiger partial charge < -0.3 is 4.57 Å². The summed E-state index contributed by atoms with van der Waals surface area (Å²) in [5.74, 6) is 0. The summed E-state index contributed by atoms with van der Waals surface area (Å²) < 4.78 is 104. The van der Waals surface area contributed by atoms with Crippen LogP contribution in [-0.2, 0) is 0 Å². The number of benzene rings is 2. The first kappa shape index (κ1) is 2.80. The molecule has 16 heavy (non-hydrogen) atoms. The van der Waals surface area contributed by atoms with E-state index in [9.17, 15) is 0 Å². The van der Waals surface area contributed by atoms with Crippen LogP contribution in [-0.4, -0.2) is 4.57 Å². The molecule has 0 spiro atoms. The molecule has 0 aliphatic heterocycles. The van der Waals surface area contributed by atoms with Crippen molar-refractivity contribution in [3.8, 4) is 5.69 Å². The van der Waals surface area contributed by atoms with Gasteiger partial charge in [0.15, 0.2) is 0 Å². The Labute approximate surface area is 113 Å². The molecular weight excluding hydrogens is 194 g/mol. The lowest BCUT2D eigenvalue weighted by molar-refractivity contribution is 1.12. The largest absolute Gasteiger partial charge is 0.316 e. The van der Waals surface area contributed by atoms with Gasteiger partial charge in [0.1, 0.15) is 0 Å². The fourth-order valence-corrected chi connectivity index (χ4v) is 1.40. The molecule has 78 valence electrons. The zero-order chi connectivity index (χ0) is 22.2. The normalized spacial score (nSPS) is 23.1. The molecule has 1 nitrogen and oxygen atoms in total. The summed E-state index contributed by atoms with van der Waals surface area (Å²) in [6.07, 6.45) is -0.800. The van der Waals surface area contributed by atoms with Crippen molar-refractivity contribution in [2.24, 2.45) is 0 Å². The quantitative estimate of drug-likeness (QED) is 0.585. The molecule has 0 saturated heterocycles. The Kier molecular flexibility index (Phi) is 0.618. The van der Waals surface area contributed by atoms with Crippen LogP contribution in [0.15, 0.2) is 60.6 Å². The van der Waals surface area contributed by atoms with E-state index in [0.717, 1.165) is 0 Å². The molecule has 0 unspecified atom stereocenters. The van der Waals surface area contributed by atoms with Crippen molar-refractivity contribution >= 4 is 10.9 Å². The Balaban J connectivity index is 2.71. The van der Waals surface area contributed by atoms with Gasteiger partial charge in [-0.05, 0) is 30.5 Å². The molecule has 0 saturated carbocycles. The molecule has 0 fully saturated rings. The standard InChI is InChI=1S/C15H13N/c1-12-11-16(13-7-3-2-4-8-13)15-10-6-5-9-14(12)15/h2-11H,1H3/i1D3,2D,3D,4D,5D,6D,7D,8D,9D,10D,11D. The summed E-state index contributed by atoms with van der Waals surface area (Å²) in [6, 6.07) is -6.38. The number of aromatic nitrogens is 1. The number of aryl methyl sites for hydroxylation is 1. The second-order valence-electron chi connectivity index (χ2n) is 3.02. The second-order valence-corrected chi connectivity index (χ2v) is 3.02. The number of hydrogen-bond acceptors (Lipinski definition) is 0. The molecule has 0 aliphatic carbocycles. The molecule has 1 heterocycles. The van der Waals surface area contributed by atoms with Gasteiger partial charge in [-0.15, -0.1) is 0 Å². The molecule has 1 heteroatoms. The van der Waals surface area contributed by atoms with Crippen LogP contribution in [0.5, 0.6) is 0 Å². The zero-order valence-corrected chi connectivity index (χ0v) is 7.95. The molecule has 0 bridgehead atoms. The summed E-state index contributed by atoms with van der Waals surface area (Å²) in [6.45, 7) is -2.95. The lowest BCUT2D eigenvalue weighted by Gasteiger charge is -2.04. The van der Waals surface area contributed by atoms with Crippen LogP contribution < -0.4 is 0 Å². The number of para-hydroxylation sites is 2. The highest BCUT2D eigenvalue weighted by Crippen LogP contribution is 2.23. The summed E-state index contributed by atoms with van der Waals surface area (Å²) in [4.78, 5) is 0. The van der Waals surface area contributed by atoms with Crippen LogP contribution in [0.25, 0.3) is 16.6 Å².